The summed E-state index contributed by atoms with van der Waals surface area (Å²) in [6.45, 7) is 1.88. The zero-order valence-corrected chi connectivity index (χ0v) is 9.92. The molecule has 92 valence electrons. The number of carbonyl (C=O) groups is 1. The lowest BCUT2D eigenvalue weighted by Gasteiger charge is -2.21. The summed E-state index contributed by atoms with van der Waals surface area (Å²) in [4.78, 5) is 11.9. The smallest absolute Gasteiger partial charge is 0.136 e. The third-order valence-electron chi connectivity index (χ3n) is 3.34. The Labute approximate surface area is 101 Å². The molecule has 2 nitrogen and oxygen atoms in total. The molecule has 0 aromatic heterocycles. The minimum atomic E-state index is -0.225. The number of hydrogen-bond donors (Lipinski definition) is 1. The monoisotopic (exact) mass is 235 g/mol. The van der Waals surface area contributed by atoms with Crippen LogP contribution in [0, 0.1) is 11.7 Å². The molecular formula is C14H18FNO. The molecule has 3 heteroatoms. The molecule has 1 aliphatic rings. The Morgan fingerprint density at radius 3 is 2.82 bits per heavy atom. The topological polar surface area (TPSA) is 29.1 Å². The number of rotatable bonds is 4. The Balaban J connectivity index is 1.83. The number of nitrogens with one attached hydrogen (secondary N) is 1. The Morgan fingerprint density at radius 1 is 1.35 bits per heavy atom. The van der Waals surface area contributed by atoms with Crippen molar-refractivity contribution in [2.45, 2.75) is 25.7 Å². The molecule has 1 saturated heterocycles. The van der Waals surface area contributed by atoms with Crippen molar-refractivity contribution in [3.63, 3.8) is 0 Å². The maximum Gasteiger partial charge on any atom is 0.136 e. The summed E-state index contributed by atoms with van der Waals surface area (Å²) in [5, 5.41) is 3.25. The summed E-state index contributed by atoms with van der Waals surface area (Å²) in [5.74, 6) is 0.317. The molecule has 1 N–H and O–H groups in total. The summed E-state index contributed by atoms with van der Waals surface area (Å²) in [5.41, 5.74) is 0.910. The van der Waals surface area contributed by atoms with Crippen LogP contribution in [0.15, 0.2) is 24.3 Å². The second-order valence-electron chi connectivity index (χ2n) is 4.62. The van der Waals surface area contributed by atoms with Crippen molar-refractivity contribution in [1.82, 2.24) is 5.32 Å². The molecule has 0 atom stereocenters. The molecule has 0 unspecified atom stereocenters. The van der Waals surface area contributed by atoms with Gasteiger partial charge in [0.2, 0.25) is 0 Å². The summed E-state index contributed by atoms with van der Waals surface area (Å²) < 4.78 is 13.0. The van der Waals surface area contributed by atoms with Crippen molar-refractivity contribution < 1.29 is 9.18 Å². The van der Waals surface area contributed by atoms with Gasteiger partial charge in [-0.15, -0.1) is 0 Å². The number of ketones is 1. The van der Waals surface area contributed by atoms with Crippen LogP contribution >= 0.6 is 0 Å². The van der Waals surface area contributed by atoms with Crippen LogP contribution in [-0.4, -0.2) is 18.9 Å². The van der Waals surface area contributed by atoms with Crippen molar-refractivity contribution in [3.05, 3.63) is 35.6 Å². The molecule has 2 rings (SSSR count). The Morgan fingerprint density at radius 2 is 2.12 bits per heavy atom. The van der Waals surface area contributed by atoms with Gasteiger partial charge < -0.3 is 5.32 Å². The standard InChI is InChI=1S/C14H18FNO/c15-13-3-1-2-11(10-13)4-5-14(17)12-6-8-16-9-7-12/h1-3,10,12,16H,4-9H2. The fourth-order valence-electron chi connectivity index (χ4n) is 2.31. The van der Waals surface area contributed by atoms with E-state index >= 15 is 0 Å². The van der Waals surface area contributed by atoms with Crippen LogP contribution in [0.25, 0.3) is 0 Å². The molecule has 1 aromatic carbocycles. The maximum absolute atomic E-state index is 13.0. The van der Waals surface area contributed by atoms with E-state index in [1.54, 1.807) is 6.07 Å². The molecule has 0 radical (unpaired) electrons. The Kier molecular flexibility index (Phi) is 4.26. The van der Waals surface area contributed by atoms with Gasteiger partial charge in [-0.05, 0) is 50.0 Å². The SMILES string of the molecule is O=C(CCc1cccc(F)c1)C1CCNCC1. The summed E-state index contributed by atoms with van der Waals surface area (Å²) >= 11 is 0. The van der Waals surface area contributed by atoms with Crippen LogP contribution in [0.1, 0.15) is 24.8 Å². The van der Waals surface area contributed by atoms with Gasteiger partial charge >= 0.3 is 0 Å². The minimum Gasteiger partial charge on any atom is -0.317 e. The normalized spacial score (nSPS) is 17.0. The molecular weight excluding hydrogens is 217 g/mol. The highest BCUT2D eigenvalue weighted by Gasteiger charge is 2.20. The lowest BCUT2D eigenvalue weighted by atomic mass is 9.90. The van der Waals surface area contributed by atoms with Crippen molar-refractivity contribution in [1.29, 1.82) is 0 Å². The van der Waals surface area contributed by atoms with E-state index in [4.69, 9.17) is 0 Å². The van der Waals surface area contributed by atoms with Gasteiger partial charge in [-0.25, -0.2) is 4.39 Å². The van der Waals surface area contributed by atoms with Crippen LogP contribution in [0.4, 0.5) is 4.39 Å². The van der Waals surface area contributed by atoms with Gasteiger partial charge in [0.1, 0.15) is 11.6 Å². The fraction of sp³-hybridized carbons (Fsp3) is 0.500. The number of carbonyl (C=O) groups excluding carboxylic acids is 1. The first-order valence-corrected chi connectivity index (χ1v) is 6.23. The average Bonchev–Trinajstić information content (AvgIpc) is 2.37. The van der Waals surface area contributed by atoms with E-state index in [9.17, 15) is 9.18 Å². The highest BCUT2D eigenvalue weighted by Crippen LogP contribution is 2.16. The Hall–Kier alpha value is -1.22. The molecule has 0 bridgehead atoms. The predicted molar refractivity (Wildman–Crippen MR) is 65.3 cm³/mol. The van der Waals surface area contributed by atoms with Crippen molar-refractivity contribution >= 4 is 5.78 Å². The molecule has 1 aromatic rings. The van der Waals surface area contributed by atoms with Crippen molar-refractivity contribution in [3.8, 4) is 0 Å². The first-order valence-electron chi connectivity index (χ1n) is 6.23. The van der Waals surface area contributed by atoms with Crippen LogP contribution in [0.3, 0.4) is 0 Å². The summed E-state index contributed by atoms with van der Waals surface area (Å²) in [6, 6.07) is 6.51. The van der Waals surface area contributed by atoms with Gasteiger partial charge in [0.15, 0.2) is 0 Å². The second kappa shape index (κ2) is 5.92. The highest BCUT2D eigenvalue weighted by atomic mass is 19.1. The third-order valence-corrected chi connectivity index (χ3v) is 3.34. The van der Waals surface area contributed by atoms with E-state index in [0.717, 1.165) is 31.5 Å². The van der Waals surface area contributed by atoms with Crippen molar-refractivity contribution in [2.75, 3.05) is 13.1 Å². The quantitative estimate of drug-likeness (QED) is 0.867. The van der Waals surface area contributed by atoms with Gasteiger partial charge in [-0.1, -0.05) is 12.1 Å². The van der Waals surface area contributed by atoms with E-state index in [-0.39, 0.29) is 11.7 Å². The van der Waals surface area contributed by atoms with E-state index in [1.165, 1.54) is 12.1 Å². The number of hydrogen-bond acceptors (Lipinski definition) is 2. The lowest BCUT2D eigenvalue weighted by molar-refractivity contribution is -0.123. The van der Waals surface area contributed by atoms with Crippen LogP contribution in [-0.2, 0) is 11.2 Å². The first kappa shape index (κ1) is 12.2. The third kappa shape index (κ3) is 3.63. The van der Waals surface area contributed by atoms with E-state index in [1.807, 2.05) is 6.07 Å². The molecule has 1 heterocycles. The Bertz CT molecular complexity index is 386. The summed E-state index contributed by atoms with van der Waals surface area (Å²) in [6.07, 6.45) is 3.08. The number of aryl methyl sites for hydroxylation is 1. The van der Waals surface area contributed by atoms with Gasteiger partial charge in [0.25, 0.3) is 0 Å². The van der Waals surface area contributed by atoms with Gasteiger partial charge in [-0.2, -0.15) is 0 Å². The largest absolute Gasteiger partial charge is 0.317 e. The maximum atomic E-state index is 13.0. The highest BCUT2D eigenvalue weighted by molar-refractivity contribution is 5.81. The lowest BCUT2D eigenvalue weighted by Crippen LogP contribution is -2.31. The molecule has 0 aliphatic carbocycles. The second-order valence-corrected chi connectivity index (χ2v) is 4.62. The molecule has 0 amide bonds. The van der Waals surface area contributed by atoms with E-state index in [0.29, 0.717) is 18.6 Å². The van der Waals surface area contributed by atoms with Gasteiger partial charge in [-0.3, -0.25) is 4.79 Å². The fourth-order valence-corrected chi connectivity index (χ4v) is 2.31. The zero-order valence-electron chi connectivity index (χ0n) is 9.92. The molecule has 0 spiro atoms. The number of halogens is 1. The molecule has 0 saturated carbocycles. The van der Waals surface area contributed by atoms with Crippen molar-refractivity contribution in [2.24, 2.45) is 5.92 Å². The first-order chi connectivity index (χ1) is 8.25. The van der Waals surface area contributed by atoms with Crippen LogP contribution in [0.2, 0.25) is 0 Å². The predicted octanol–water partition coefficient (Wildman–Crippen LogP) is 2.33. The number of Topliss-reactive ketones (excluding diaryl/α,β-unsaturated/α-hetero) is 1. The average molecular weight is 235 g/mol. The molecule has 17 heavy (non-hydrogen) atoms. The zero-order chi connectivity index (χ0) is 12.1. The minimum absolute atomic E-state index is 0.213. The van der Waals surface area contributed by atoms with E-state index < -0.39 is 0 Å². The van der Waals surface area contributed by atoms with Crippen LogP contribution < -0.4 is 5.32 Å². The molecule has 1 aliphatic heterocycles. The van der Waals surface area contributed by atoms with Crippen LogP contribution in [0.5, 0.6) is 0 Å². The van der Waals surface area contributed by atoms with Gasteiger partial charge in [0.05, 0.1) is 0 Å². The van der Waals surface area contributed by atoms with Gasteiger partial charge in [0, 0.05) is 12.3 Å². The summed E-state index contributed by atoms with van der Waals surface area (Å²) in [7, 11) is 0. The number of benzene rings is 1. The number of piperidine rings is 1. The van der Waals surface area contributed by atoms with E-state index in [2.05, 4.69) is 5.32 Å². The molecule has 1 fully saturated rings.